The maximum atomic E-state index is 10.1. The molecule has 0 heterocycles. The number of carbonyl (C=O) groups is 1. The van der Waals surface area contributed by atoms with E-state index in [-0.39, 0.29) is 48.9 Å². The Hall–Kier alpha value is 0.350. The minimum absolute atomic E-state index is 0. The maximum Gasteiger partial charge on any atom is 1.00 e. The van der Waals surface area contributed by atoms with Crippen LogP contribution in [0.4, 0.5) is 0 Å². The first-order chi connectivity index (χ1) is 11.7. The normalized spacial score (nSPS) is 11.9. The smallest absolute Gasteiger partial charge is 0.548 e. The van der Waals surface area contributed by atoms with E-state index >= 15 is 0 Å². The molecule has 0 aromatic carbocycles. The molecule has 0 spiro atoms. The van der Waals surface area contributed by atoms with Gasteiger partial charge in [-0.3, -0.25) is 0 Å². The quantitative estimate of drug-likeness (QED) is 0.239. The van der Waals surface area contributed by atoms with Crippen LogP contribution in [0.1, 0.15) is 78.1 Å². The Morgan fingerprint density at radius 1 is 0.840 bits per heavy atom. The first-order valence-electron chi connectivity index (χ1n) is 9.63. The third-order valence-electron chi connectivity index (χ3n) is 3.84. The number of ether oxygens (including phenoxy) is 3. The summed E-state index contributed by atoms with van der Waals surface area (Å²) < 4.78 is 15.9. The minimum Gasteiger partial charge on any atom is -0.548 e. The number of hydrogen-bond donors (Lipinski definition) is 0. The van der Waals surface area contributed by atoms with Gasteiger partial charge in [0.2, 0.25) is 0 Å². The van der Waals surface area contributed by atoms with Gasteiger partial charge in [-0.2, -0.15) is 0 Å². The Kier molecular flexibility index (Phi) is 24.7. The van der Waals surface area contributed by atoms with Crippen LogP contribution in [0.15, 0.2) is 0 Å². The van der Waals surface area contributed by atoms with Crippen LogP contribution in [0.2, 0.25) is 0 Å². The molecule has 25 heavy (non-hydrogen) atoms. The second-order valence-corrected chi connectivity index (χ2v) is 6.36. The molecular weight excluding hydrogens is 331 g/mol. The van der Waals surface area contributed by atoms with E-state index in [0.717, 1.165) is 13.0 Å². The van der Waals surface area contributed by atoms with Crippen molar-refractivity contribution < 1.29 is 53.7 Å². The van der Waals surface area contributed by atoms with Crippen LogP contribution in [0.5, 0.6) is 0 Å². The third-order valence-corrected chi connectivity index (χ3v) is 3.84. The Morgan fingerprint density at radius 3 is 1.92 bits per heavy atom. The molecule has 0 N–H and O–H groups in total. The van der Waals surface area contributed by atoms with Gasteiger partial charge < -0.3 is 24.1 Å². The molecule has 0 aromatic heterocycles. The van der Waals surface area contributed by atoms with E-state index in [1.165, 1.54) is 57.8 Å². The topological polar surface area (TPSA) is 67.8 Å². The van der Waals surface area contributed by atoms with Crippen molar-refractivity contribution in [3.63, 3.8) is 0 Å². The van der Waals surface area contributed by atoms with Crippen LogP contribution < -0.4 is 34.7 Å². The van der Waals surface area contributed by atoms with Crippen molar-refractivity contribution in [1.29, 1.82) is 0 Å². The number of unbranched alkanes of at least 4 members (excludes halogenated alkanes) is 9. The SMILES string of the molecule is CCCCCCCCCCCCOC(C)COCCOCC(=O)[O-].[Na+]. The molecule has 0 fully saturated rings. The van der Waals surface area contributed by atoms with Gasteiger partial charge in [0, 0.05) is 6.61 Å². The number of carboxylic acid groups (broad SMARTS) is 1. The average Bonchev–Trinajstić information content (AvgIpc) is 2.55. The Morgan fingerprint density at radius 2 is 1.36 bits per heavy atom. The molecule has 1 unspecified atom stereocenters. The number of hydrogen-bond acceptors (Lipinski definition) is 5. The molecule has 0 aliphatic carbocycles. The van der Waals surface area contributed by atoms with Gasteiger partial charge in [-0.15, -0.1) is 0 Å². The summed E-state index contributed by atoms with van der Waals surface area (Å²) in [6.45, 7) is 5.78. The van der Waals surface area contributed by atoms with Crippen molar-refractivity contribution in [3.05, 3.63) is 0 Å². The van der Waals surface area contributed by atoms with E-state index in [2.05, 4.69) is 6.92 Å². The van der Waals surface area contributed by atoms with Crippen molar-refractivity contribution >= 4 is 5.97 Å². The zero-order valence-corrected chi connectivity index (χ0v) is 18.7. The summed E-state index contributed by atoms with van der Waals surface area (Å²) in [7, 11) is 0. The fourth-order valence-electron chi connectivity index (χ4n) is 2.44. The maximum absolute atomic E-state index is 10.1. The molecule has 0 rings (SSSR count). The molecule has 5 nitrogen and oxygen atoms in total. The average molecular weight is 368 g/mol. The number of carbonyl (C=O) groups excluding carboxylic acids is 1. The van der Waals surface area contributed by atoms with Gasteiger partial charge in [0.25, 0.3) is 0 Å². The van der Waals surface area contributed by atoms with Crippen molar-refractivity contribution in [1.82, 2.24) is 0 Å². The largest absolute Gasteiger partial charge is 1.00 e. The van der Waals surface area contributed by atoms with Gasteiger partial charge in [-0.05, 0) is 13.3 Å². The molecular formula is C19H37NaO5. The molecule has 0 saturated carbocycles. The molecule has 0 radical (unpaired) electrons. The number of aliphatic carboxylic acids is 1. The Bertz CT molecular complexity index is 277. The van der Waals surface area contributed by atoms with Gasteiger partial charge in [0.05, 0.1) is 38.5 Å². The molecule has 144 valence electrons. The monoisotopic (exact) mass is 368 g/mol. The second kappa shape index (κ2) is 22.4. The number of carboxylic acids is 1. The predicted octanol–water partition coefficient (Wildman–Crippen LogP) is 0.0995. The molecule has 1 atom stereocenters. The summed E-state index contributed by atoms with van der Waals surface area (Å²) in [6.07, 6.45) is 13.3. The fourth-order valence-corrected chi connectivity index (χ4v) is 2.44. The molecule has 0 bridgehead atoms. The summed E-state index contributed by atoms with van der Waals surface area (Å²) in [5, 5.41) is 10.1. The first-order valence-corrected chi connectivity index (χ1v) is 9.63. The van der Waals surface area contributed by atoms with E-state index in [1.54, 1.807) is 0 Å². The van der Waals surface area contributed by atoms with Crippen LogP contribution in [0.3, 0.4) is 0 Å². The number of rotatable bonds is 19. The third kappa shape index (κ3) is 24.4. The molecule has 0 saturated heterocycles. The van der Waals surface area contributed by atoms with Crippen LogP contribution >= 0.6 is 0 Å². The standard InChI is InChI=1S/C19H38O5.Na/c1-3-4-5-6-7-8-9-10-11-12-13-24-18(2)16-22-14-15-23-17-19(20)21;/h18H,3-17H2,1-2H3,(H,20,21);/q;+1/p-1. The zero-order chi connectivity index (χ0) is 17.9. The summed E-state index contributed by atoms with van der Waals surface area (Å²) in [4.78, 5) is 10.1. The van der Waals surface area contributed by atoms with Gasteiger partial charge in [0.1, 0.15) is 0 Å². The predicted molar refractivity (Wildman–Crippen MR) is 93.9 cm³/mol. The summed E-state index contributed by atoms with van der Waals surface area (Å²) >= 11 is 0. The van der Waals surface area contributed by atoms with E-state index < -0.39 is 5.97 Å². The molecule has 0 amide bonds. The van der Waals surface area contributed by atoms with E-state index in [0.29, 0.717) is 13.2 Å². The molecule has 0 aliphatic heterocycles. The van der Waals surface area contributed by atoms with Crippen LogP contribution in [0.25, 0.3) is 0 Å². The van der Waals surface area contributed by atoms with Crippen molar-refractivity contribution in [2.75, 3.05) is 33.0 Å². The Labute approximate surface area is 176 Å². The van der Waals surface area contributed by atoms with E-state index in [4.69, 9.17) is 14.2 Å². The zero-order valence-electron chi connectivity index (χ0n) is 16.7. The van der Waals surface area contributed by atoms with Gasteiger partial charge in [-0.1, -0.05) is 64.7 Å². The van der Waals surface area contributed by atoms with Crippen molar-refractivity contribution in [3.8, 4) is 0 Å². The molecule has 6 heteroatoms. The summed E-state index contributed by atoms with van der Waals surface area (Å²) in [5.41, 5.74) is 0. The summed E-state index contributed by atoms with van der Waals surface area (Å²) in [5.74, 6) is -1.21. The van der Waals surface area contributed by atoms with Gasteiger partial charge in [-0.25, -0.2) is 0 Å². The Balaban J connectivity index is 0. The first kappa shape index (κ1) is 27.6. The fraction of sp³-hybridized carbons (Fsp3) is 0.947. The van der Waals surface area contributed by atoms with Crippen molar-refractivity contribution in [2.24, 2.45) is 0 Å². The summed E-state index contributed by atoms with van der Waals surface area (Å²) in [6, 6.07) is 0. The van der Waals surface area contributed by atoms with Gasteiger partial charge >= 0.3 is 29.6 Å². The molecule has 0 aliphatic rings. The van der Waals surface area contributed by atoms with Crippen molar-refractivity contribution in [2.45, 2.75) is 84.2 Å². The van der Waals surface area contributed by atoms with E-state index in [1.807, 2.05) is 6.92 Å². The van der Waals surface area contributed by atoms with Crippen LogP contribution in [-0.4, -0.2) is 45.1 Å². The van der Waals surface area contributed by atoms with Crippen LogP contribution in [0, 0.1) is 0 Å². The van der Waals surface area contributed by atoms with Crippen LogP contribution in [-0.2, 0) is 19.0 Å². The second-order valence-electron chi connectivity index (χ2n) is 6.36. The van der Waals surface area contributed by atoms with E-state index in [9.17, 15) is 9.90 Å². The minimum atomic E-state index is -1.21. The molecule has 0 aromatic rings. The van der Waals surface area contributed by atoms with Gasteiger partial charge in [0.15, 0.2) is 0 Å².